The van der Waals surface area contributed by atoms with Crippen LogP contribution in [0.1, 0.15) is 16.7 Å². The van der Waals surface area contributed by atoms with E-state index in [2.05, 4.69) is 11.1 Å². The highest BCUT2D eigenvalue weighted by Gasteiger charge is 2.34. The minimum absolute atomic E-state index is 0.0665. The lowest BCUT2D eigenvalue weighted by Crippen LogP contribution is -2.49. The number of nitriles is 1. The maximum Gasteiger partial charge on any atom is 0.416 e. The number of piperazine rings is 1. The SMILES string of the molecule is Cc1ccc2nc(N3CCN(S(=O)(=O)c4cccc(C(F)(F)F)c4)CC3)c(C#N)cc2c1. The number of hydrogen-bond acceptors (Lipinski definition) is 5. The van der Waals surface area contributed by atoms with Crippen molar-refractivity contribution < 1.29 is 21.6 Å². The molecule has 0 spiro atoms. The standard InChI is InChI=1S/C22H19F3N4O2S/c1-15-5-6-20-16(11-15)12-17(14-26)21(27-20)28-7-9-29(10-8-28)32(30,31)19-4-2-3-18(13-19)22(23,24)25/h2-6,11-13H,7-10H2,1H3. The zero-order valence-electron chi connectivity index (χ0n) is 17.1. The van der Waals surface area contributed by atoms with Crippen LogP contribution in [0, 0.1) is 18.3 Å². The van der Waals surface area contributed by atoms with Crippen molar-refractivity contribution in [2.75, 3.05) is 31.1 Å². The molecule has 4 rings (SSSR count). The van der Waals surface area contributed by atoms with Crippen LogP contribution in [0.15, 0.2) is 53.4 Å². The molecule has 0 amide bonds. The van der Waals surface area contributed by atoms with Crippen LogP contribution in [-0.2, 0) is 16.2 Å². The Kier molecular flexibility index (Phi) is 5.56. The number of nitrogens with zero attached hydrogens (tertiary/aromatic N) is 4. The lowest BCUT2D eigenvalue weighted by molar-refractivity contribution is -0.137. The van der Waals surface area contributed by atoms with Crippen LogP contribution in [-0.4, -0.2) is 43.9 Å². The van der Waals surface area contributed by atoms with E-state index in [-0.39, 0.29) is 26.2 Å². The second kappa shape index (κ2) is 8.07. The molecule has 0 radical (unpaired) electrons. The molecule has 0 saturated carbocycles. The summed E-state index contributed by atoms with van der Waals surface area (Å²) in [7, 11) is -4.08. The summed E-state index contributed by atoms with van der Waals surface area (Å²) in [6, 6.07) is 13.4. The molecule has 2 aromatic carbocycles. The van der Waals surface area contributed by atoms with E-state index in [1.165, 1.54) is 0 Å². The predicted octanol–water partition coefficient (Wildman–Crippen LogP) is 3.94. The minimum atomic E-state index is -4.63. The molecule has 2 heterocycles. The van der Waals surface area contributed by atoms with E-state index in [1.54, 1.807) is 6.07 Å². The number of hydrogen-bond donors (Lipinski definition) is 0. The van der Waals surface area contributed by atoms with Gasteiger partial charge in [-0.25, -0.2) is 13.4 Å². The first-order valence-electron chi connectivity index (χ1n) is 9.83. The molecule has 0 aliphatic carbocycles. The Balaban J connectivity index is 1.57. The zero-order valence-corrected chi connectivity index (χ0v) is 17.9. The number of aromatic nitrogens is 1. The van der Waals surface area contributed by atoms with E-state index in [0.717, 1.165) is 39.0 Å². The molecule has 1 aliphatic heterocycles. The topological polar surface area (TPSA) is 77.3 Å². The number of benzene rings is 2. The number of rotatable bonds is 3. The summed E-state index contributed by atoms with van der Waals surface area (Å²) in [5.41, 5.74) is 1.15. The minimum Gasteiger partial charge on any atom is -0.353 e. The normalized spacial score (nSPS) is 15.7. The van der Waals surface area contributed by atoms with Gasteiger partial charge in [-0.05, 0) is 43.3 Å². The number of aryl methyl sites for hydroxylation is 1. The van der Waals surface area contributed by atoms with Crippen molar-refractivity contribution >= 4 is 26.7 Å². The summed E-state index contributed by atoms with van der Waals surface area (Å²) in [6.07, 6.45) is -4.63. The lowest BCUT2D eigenvalue weighted by Gasteiger charge is -2.35. The maximum absolute atomic E-state index is 13.0. The number of anilines is 1. The molecule has 166 valence electrons. The monoisotopic (exact) mass is 460 g/mol. The number of alkyl halides is 3. The molecule has 1 aromatic heterocycles. The van der Waals surface area contributed by atoms with Gasteiger partial charge in [-0.2, -0.15) is 22.7 Å². The Bertz CT molecular complexity index is 1330. The molecular weight excluding hydrogens is 441 g/mol. The summed E-state index contributed by atoms with van der Waals surface area (Å²) >= 11 is 0. The third kappa shape index (κ3) is 4.13. The summed E-state index contributed by atoms with van der Waals surface area (Å²) in [5.74, 6) is 0.472. The first-order valence-corrected chi connectivity index (χ1v) is 11.3. The Morgan fingerprint density at radius 3 is 2.41 bits per heavy atom. The van der Waals surface area contributed by atoms with Crippen LogP contribution in [0.25, 0.3) is 10.9 Å². The van der Waals surface area contributed by atoms with Crippen LogP contribution < -0.4 is 4.90 Å². The fourth-order valence-electron chi connectivity index (χ4n) is 3.73. The third-order valence-corrected chi connectivity index (χ3v) is 7.30. The van der Waals surface area contributed by atoms with Gasteiger partial charge in [-0.15, -0.1) is 0 Å². The average Bonchev–Trinajstić information content (AvgIpc) is 2.77. The molecule has 6 nitrogen and oxygen atoms in total. The Labute approximate surface area is 183 Å². The predicted molar refractivity (Wildman–Crippen MR) is 114 cm³/mol. The highest BCUT2D eigenvalue weighted by molar-refractivity contribution is 7.89. The van der Waals surface area contributed by atoms with Crippen LogP contribution in [0.4, 0.5) is 19.0 Å². The molecule has 1 aliphatic rings. The van der Waals surface area contributed by atoms with Gasteiger partial charge in [0.1, 0.15) is 11.9 Å². The molecule has 0 unspecified atom stereocenters. The molecule has 0 atom stereocenters. The molecular formula is C22H19F3N4O2S. The van der Waals surface area contributed by atoms with E-state index in [4.69, 9.17) is 0 Å². The van der Waals surface area contributed by atoms with E-state index in [0.29, 0.717) is 17.4 Å². The fraction of sp³-hybridized carbons (Fsp3) is 0.273. The van der Waals surface area contributed by atoms with Crippen LogP contribution in [0.2, 0.25) is 0 Å². The van der Waals surface area contributed by atoms with Crippen molar-refractivity contribution in [2.24, 2.45) is 0 Å². The molecule has 32 heavy (non-hydrogen) atoms. The van der Waals surface area contributed by atoms with Crippen LogP contribution >= 0.6 is 0 Å². The first kappa shape index (κ1) is 22.0. The fourth-order valence-corrected chi connectivity index (χ4v) is 5.20. The van der Waals surface area contributed by atoms with Crippen molar-refractivity contribution in [3.63, 3.8) is 0 Å². The molecule has 10 heteroatoms. The van der Waals surface area contributed by atoms with E-state index >= 15 is 0 Å². The smallest absolute Gasteiger partial charge is 0.353 e. The van der Waals surface area contributed by atoms with Gasteiger partial charge < -0.3 is 4.90 Å². The summed E-state index contributed by atoms with van der Waals surface area (Å²) < 4.78 is 66.0. The number of sulfonamides is 1. The number of pyridine rings is 1. The average molecular weight is 460 g/mol. The highest BCUT2D eigenvalue weighted by atomic mass is 32.2. The van der Waals surface area contributed by atoms with Gasteiger partial charge in [0, 0.05) is 31.6 Å². The molecule has 1 fully saturated rings. The Morgan fingerprint density at radius 2 is 1.75 bits per heavy atom. The summed E-state index contributed by atoms with van der Waals surface area (Å²) in [6.45, 7) is 2.60. The van der Waals surface area contributed by atoms with E-state index in [9.17, 15) is 26.9 Å². The van der Waals surface area contributed by atoms with E-state index in [1.807, 2.05) is 30.0 Å². The van der Waals surface area contributed by atoms with Crippen LogP contribution in [0.3, 0.4) is 0 Å². The Morgan fingerprint density at radius 1 is 1.03 bits per heavy atom. The van der Waals surface area contributed by atoms with Crippen molar-refractivity contribution in [1.82, 2.24) is 9.29 Å². The van der Waals surface area contributed by atoms with Gasteiger partial charge in [0.15, 0.2) is 0 Å². The second-order valence-corrected chi connectivity index (χ2v) is 9.52. The number of halogens is 3. The van der Waals surface area contributed by atoms with Crippen LogP contribution in [0.5, 0.6) is 0 Å². The quantitative estimate of drug-likeness (QED) is 0.592. The van der Waals surface area contributed by atoms with Crippen molar-refractivity contribution in [2.45, 2.75) is 18.0 Å². The van der Waals surface area contributed by atoms with Gasteiger partial charge in [0.05, 0.1) is 21.5 Å². The summed E-state index contributed by atoms with van der Waals surface area (Å²) in [4.78, 5) is 6.04. The summed E-state index contributed by atoms with van der Waals surface area (Å²) in [5, 5.41) is 10.4. The lowest BCUT2D eigenvalue weighted by atomic mass is 10.1. The van der Waals surface area contributed by atoms with Crippen molar-refractivity contribution in [1.29, 1.82) is 5.26 Å². The van der Waals surface area contributed by atoms with E-state index < -0.39 is 26.7 Å². The van der Waals surface area contributed by atoms with Gasteiger partial charge >= 0.3 is 6.18 Å². The van der Waals surface area contributed by atoms with Gasteiger partial charge in [-0.1, -0.05) is 17.7 Å². The first-order chi connectivity index (χ1) is 15.1. The van der Waals surface area contributed by atoms with Gasteiger partial charge in [0.2, 0.25) is 10.0 Å². The third-order valence-electron chi connectivity index (χ3n) is 5.41. The molecule has 3 aromatic rings. The molecule has 0 bridgehead atoms. The van der Waals surface area contributed by atoms with Gasteiger partial charge in [0.25, 0.3) is 0 Å². The Hall–Kier alpha value is -3.16. The zero-order chi connectivity index (χ0) is 23.1. The maximum atomic E-state index is 13.0. The van der Waals surface area contributed by atoms with Crippen molar-refractivity contribution in [3.8, 4) is 6.07 Å². The largest absolute Gasteiger partial charge is 0.416 e. The molecule has 1 saturated heterocycles. The van der Waals surface area contributed by atoms with Gasteiger partial charge in [-0.3, -0.25) is 0 Å². The highest BCUT2D eigenvalue weighted by Crippen LogP contribution is 2.32. The second-order valence-electron chi connectivity index (χ2n) is 7.58. The number of fused-ring (bicyclic) bond motifs is 1. The molecule has 0 N–H and O–H groups in total. The van der Waals surface area contributed by atoms with Crippen molar-refractivity contribution in [3.05, 3.63) is 65.2 Å².